The van der Waals surface area contributed by atoms with Crippen LogP contribution in [0.1, 0.15) is 59.8 Å². The fraction of sp³-hybridized carbons (Fsp3) is 1.00. The molecular formula is C16H32N2. The first-order valence-electron chi connectivity index (χ1n) is 8.06. The molecule has 1 N–H and O–H groups in total. The molecule has 1 aliphatic heterocycles. The third kappa shape index (κ3) is 3.71. The molecule has 1 saturated carbocycles. The van der Waals surface area contributed by atoms with Crippen molar-refractivity contribution in [3.05, 3.63) is 0 Å². The van der Waals surface area contributed by atoms with Crippen LogP contribution in [0.15, 0.2) is 0 Å². The van der Waals surface area contributed by atoms with Crippen LogP contribution in [0.4, 0.5) is 0 Å². The van der Waals surface area contributed by atoms with Gasteiger partial charge in [-0.05, 0) is 70.9 Å². The Morgan fingerprint density at radius 3 is 2.11 bits per heavy atom. The second-order valence-corrected chi connectivity index (χ2v) is 7.04. The van der Waals surface area contributed by atoms with Gasteiger partial charge in [-0.2, -0.15) is 0 Å². The van der Waals surface area contributed by atoms with Crippen molar-refractivity contribution in [1.82, 2.24) is 10.2 Å². The van der Waals surface area contributed by atoms with Crippen molar-refractivity contribution in [2.24, 2.45) is 11.8 Å². The van der Waals surface area contributed by atoms with Crippen molar-refractivity contribution in [2.45, 2.75) is 77.9 Å². The minimum Gasteiger partial charge on any atom is -0.311 e. The molecule has 0 aromatic heterocycles. The van der Waals surface area contributed by atoms with Gasteiger partial charge in [-0.3, -0.25) is 0 Å². The summed E-state index contributed by atoms with van der Waals surface area (Å²) in [6, 6.07) is 2.30. The maximum atomic E-state index is 3.94. The van der Waals surface area contributed by atoms with Crippen LogP contribution in [0.5, 0.6) is 0 Å². The number of nitrogens with zero attached hydrogens (tertiary/aromatic N) is 1. The monoisotopic (exact) mass is 252 g/mol. The normalized spacial score (nSPS) is 36.2. The van der Waals surface area contributed by atoms with E-state index in [0.717, 1.165) is 30.0 Å². The van der Waals surface area contributed by atoms with E-state index in [1.54, 1.807) is 0 Å². The van der Waals surface area contributed by atoms with Gasteiger partial charge in [-0.25, -0.2) is 0 Å². The zero-order chi connectivity index (χ0) is 13.1. The van der Waals surface area contributed by atoms with E-state index >= 15 is 0 Å². The Morgan fingerprint density at radius 2 is 1.56 bits per heavy atom. The van der Waals surface area contributed by atoms with Crippen LogP contribution in [0.2, 0.25) is 0 Å². The van der Waals surface area contributed by atoms with Crippen molar-refractivity contribution >= 4 is 0 Å². The van der Waals surface area contributed by atoms with E-state index in [1.165, 1.54) is 45.2 Å². The quantitative estimate of drug-likeness (QED) is 0.829. The molecule has 0 spiro atoms. The minimum atomic E-state index is 0.724. The summed E-state index contributed by atoms with van der Waals surface area (Å²) in [5.74, 6) is 1.85. The van der Waals surface area contributed by atoms with Gasteiger partial charge in [-0.1, -0.05) is 13.8 Å². The van der Waals surface area contributed by atoms with Gasteiger partial charge in [-0.15, -0.1) is 0 Å². The first kappa shape index (κ1) is 14.3. The highest BCUT2D eigenvalue weighted by Gasteiger charge is 2.27. The van der Waals surface area contributed by atoms with Gasteiger partial charge < -0.3 is 10.2 Å². The van der Waals surface area contributed by atoms with E-state index < -0.39 is 0 Å². The summed E-state index contributed by atoms with van der Waals surface area (Å²) >= 11 is 0. The highest BCUT2D eigenvalue weighted by molar-refractivity contribution is 4.85. The molecule has 3 atom stereocenters. The molecule has 1 aliphatic carbocycles. The van der Waals surface area contributed by atoms with Crippen LogP contribution < -0.4 is 5.32 Å². The molecule has 0 aromatic carbocycles. The number of hydrogen-bond acceptors (Lipinski definition) is 2. The summed E-state index contributed by atoms with van der Waals surface area (Å²) in [6.07, 6.45) is 6.91. The molecule has 1 saturated heterocycles. The largest absolute Gasteiger partial charge is 0.311 e. The first-order valence-corrected chi connectivity index (χ1v) is 8.06. The Labute approximate surface area is 114 Å². The molecule has 2 aliphatic rings. The van der Waals surface area contributed by atoms with E-state index in [1.807, 2.05) is 0 Å². The fourth-order valence-corrected chi connectivity index (χ4v) is 3.61. The number of nitrogens with one attached hydrogen (secondary N) is 1. The van der Waals surface area contributed by atoms with Crippen LogP contribution in [0.25, 0.3) is 0 Å². The first-order chi connectivity index (χ1) is 8.56. The molecular weight excluding hydrogens is 220 g/mol. The van der Waals surface area contributed by atoms with Gasteiger partial charge in [0.1, 0.15) is 0 Å². The molecule has 106 valence electrons. The third-order valence-electron chi connectivity index (χ3n) is 5.33. The van der Waals surface area contributed by atoms with Crippen molar-refractivity contribution in [3.63, 3.8) is 0 Å². The molecule has 2 fully saturated rings. The van der Waals surface area contributed by atoms with Crippen molar-refractivity contribution in [3.8, 4) is 0 Å². The lowest BCUT2D eigenvalue weighted by molar-refractivity contribution is 0.142. The zero-order valence-corrected chi connectivity index (χ0v) is 12.8. The van der Waals surface area contributed by atoms with Gasteiger partial charge in [0.05, 0.1) is 0 Å². The van der Waals surface area contributed by atoms with Gasteiger partial charge >= 0.3 is 0 Å². The molecule has 0 aromatic rings. The Hall–Kier alpha value is -0.0800. The molecule has 3 unspecified atom stereocenters. The van der Waals surface area contributed by atoms with E-state index in [-0.39, 0.29) is 0 Å². The van der Waals surface area contributed by atoms with Gasteiger partial charge in [0, 0.05) is 18.1 Å². The predicted octanol–water partition coefficient (Wildman–Crippen LogP) is 3.27. The third-order valence-corrected chi connectivity index (χ3v) is 5.33. The molecule has 0 amide bonds. The average molecular weight is 252 g/mol. The molecule has 2 heteroatoms. The summed E-state index contributed by atoms with van der Waals surface area (Å²) in [7, 11) is 0. The fourth-order valence-electron chi connectivity index (χ4n) is 3.61. The molecule has 18 heavy (non-hydrogen) atoms. The van der Waals surface area contributed by atoms with Crippen LogP contribution in [-0.4, -0.2) is 36.1 Å². The van der Waals surface area contributed by atoms with Crippen LogP contribution >= 0.6 is 0 Å². The second kappa shape index (κ2) is 6.38. The summed E-state index contributed by atoms with van der Waals surface area (Å²) in [5, 5.41) is 3.94. The molecule has 2 nitrogen and oxygen atoms in total. The smallest absolute Gasteiger partial charge is 0.00940 e. The van der Waals surface area contributed by atoms with Crippen molar-refractivity contribution < 1.29 is 0 Å². The Balaban J connectivity index is 1.72. The van der Waals surface area contributed by atoms with E-state index in [9.17, 15) is 0 Å². The predicted molar refractivity (Wildman–Crippen MR) is 78.8 cm³/mol. The SMILES string of the molecule is CC1CCC(NC2CCN(C(C)C)CC2)CC1C. The molecule has 1 heterocycles. The molecule has 2 rings (SSSR count). The van der Waals surface area contributed by atoms with Crippen LogP contribution in [0.3, 0.4) is 0 Å². The number of likely N-dealkylation sites (tertiary alicyclic amines) is 1. The molecule has 0 bridgehead atoms. The van der Waals surface area contributed by atoms with Crippen molar-refractivity contribution in [2.75, 3.05) is 13.1 Å². The van der Waals surface area contributed by atoms with Gasteiger partial charge in [0.25, 0.3) is 0 Å². The summed E-state index contributed by atoms with van der Waals surface area (Å²) in [6.45, 7) is 12.1. The second-order valence-electron chi connectivity index (χ2n) is 7.04. The highest BCUT2D eigenvalue weighted by atomic mass is 15.2. The van der Waals surface area contributed by atoms with Gasteiger partial charge in [0.15, 0.2) is 0 Å². The number of piperidine rings is 1. The van der Waals surface area contributed by atoms with Gasteiger partial charge in [0.2, 0.25) is 0 Å². The maximum absolute atomic E-state index is 3.94. The lowest BCUT2D eigenvalue weighted by Crippen LogP contribution is -2.49. The number of hydrogen-bond donors (Lipinski definition) is 1. The maximum Gasteiger partial charge on any atom is 0.00940 e. The van der Waals surface area contributed by atoms with Crippen LogP contribution in [0, 0.1) is 11.8 Å². The lowest BCUT2D eigenvalue weighted by atomic mass is 9.79. The van der Waals surface area contributed by atoms with E-state index in [4.69, 9.17) is 0 Å². The average Bonchev–Trinajstić information content (AvgIpc) is 2.34. The number of rotatable bonds is 3. The summed E-state index contributed by atoms with van der Waals surface area (Å²) < 4.78 is 0. The molecule has 0 radical (unpaired) electrons. The standard InChI is InChI=1S/C16H32N2/c1-12(2)18-9-7-15(8-10-18)17-16-6-5-13(3)14(4)11-16/h12-17H,5-11H2,1-4H3. The topological polar surface area (TPSA) is 15.3 Å². The Bertz CT molecular complexity index is 243. The minimum absolute atomic E-state index is 0.724. The lowest BCUT2D eigenvalue weighted by Gasteiger charge is -2.39. The Morgan fingerprint density at radius 1 is 0.889 bits per heavy atom. The Kier molecular flexibility index (Phi) is 5.08. The van der Waals surface area contributed by atoms with Crippen molar-refractivity contribution in [1.29, 1.82) is 0 Å². The zero-order valence-electron chi connectivity index (χ0n) is 12.8. The van der Waals surface area contributed by atoms with Crippen LogP contribution in [-0.2, 0) is 0 Å². The van der Waals surface area contributed by atoms with E-state index in [0.29, 0.717) is 0 Å². The summed E-state index contributed by atoms with van der Waals surface area (Å²) in [5.41, 5.74) is 0. The highest BCUT2D eigenvalue weighted by Crippen LogP contribution is 2.30. The summed E-state index contributed by atoms with van der Waals surface area (Å²) in [4.78, 5) is 2.61. The van der Waals surface area contributed by atoms with E-state index in [2.05, 4.69) is 37.9 Å².